The average molecular weight is 432 g/mol. The summed E-state index contributed by atoms with van der Waals surface area (Å²) in [6.07, 6.45) is 2.98. The molecule has 0 aliphatic carbocycles. The van der Waals surface area contributed by atoms with Crippen LogP contribution in [0, 0.1) is 6.92 Å². The molecule has 0 spiro atoms. The van der Waals surface area contributed by atoms with Crippen LogP contribution in [0.1, 0.15) is 25.7 Å². The predicted octanol–water partition coefficient (Wildman–Crippen LogP) is 2.95. The summed E-state index contributed by atoms with van der Waals surface area (Å²) in [6.45, 7) is 3.61. The van der Waals surface area contributed by atoms with E-state index < -0.39 is 14.2 Å². The van der Waals surface area contributed by atoms with Gasteiger partial charge in [0.15, 0.2) is 0 Å². The van der Waals surface area contributed by atoms with Crippen LogP contribution in [0.15, 0.2) is 0 Å². The molecule has 3 nitrogen and oxygen atoms in total. The molecule has 0 aromatic rings. The van der Waals surface area contributed by atoms with Crippen LogP contribution in [0.4, 0.5) is 0 Å². The molecule has 0 fully saturated rings. The van der Waals surface area contributed by atoms with Crippen LogP contribution in [-0.2, 0) is 19.0 Å². The maximum absolute atomic E-state index is 10.3. The van der Waals surface area contributed by atoms with E-state index in [4.69, 9.17) is 33.5 Å². The molecule has 0 rings (SSSR count). The molecule has 85 valence electrons. The average Bonchev–Trinajstić information content (AvgIpc) is 2.03. The molecule has 2 N–H and O–H groups in total. The summed E-state index contributed by atoms with van der Waals surface area (Å²) in [5.74, 6) is -0.316. The number of unbranched alkanes of at least 4 members (excludes halogenated alkanes) is 2. The van der Waals surface area contributed by atoms with Crippen molar-refractivity contribution in [3.63, 3.8) is 0 Å². The topological polar surface area (TPSA) is 49.3 Å². The Morgan fingerprint density at radius 2 is 1.85 bits per heavy atom. The van der Waals surface area contributed by atoms with Gasteiger partial charge in [0.25, 0.3) is 0 Å². The van der Waals surface area contributed by atoms with Gasteiger partial charge in [-0.2, -0.15) is 6.42 Å². The van der Waals surface area contributed by atoms with Gasteiger partial charge < -0.3 is 6.92 Å². The summed E-state index contributed by atoms with van der Waals surface area (Å²) in [6, 6.07) is 0. The molecule has 0 bridgehead atoms. The summed E-state index contributed by atoms with van der Waals surface area (Å²) >= 11 is -1.85. The predicted molar refractivity (Wildman–Crippen MR) is 51.3 cm³/mol. The van der Waals surface area contributed by atoms with Crippen molar-refractivity contribution in [1.29, 1.82) is 0 Å². The van der Waals surface area contributed by atoms with Gasteiger partial charge in [-0.1, -0.05) is 6.42 Å². The fraction of sp³-hybridized carbons (Fsp3) is 0.667. The van der Waals surface area contributed by atoms with Crippen molar-refractivity contribution in [3.8, 4) is 0 Å². The van der Waals surface area contributed by atoms with Crippen LogP contribution < -0.4 is 5.48 Å². The van der Waals surface area contributed by atoms with E-state index in [2.05, 4.69) is 6.92 Å². The van der Waals surface area contributed by atoms with Crippen molar-refractivity contribution in [2.45, 2.75) is 25.7 Å². The number of hydrogen-bond acceptors (Lipinski definition) is 2. The van der Waals surface area contributed by atoms with Gasteiger partial charge in [-0.15, -0.1) is 0 Å². The normalized spacial score (nSPS) is 9.77. The van der Waals surface area contributed by atoms with Gasteiger partial charge in [-0.05, 0) is 6.42 Å². The molecule has 0 radical (unpaired) electrons. The van der Waals surface area contributed by atoms with Crippen molar-refractivity contribution in [2.24, 2.45) is 0 Å². The number of carbonyl (C=O) groups excluding carboxylic acids is 1. The van der Waals surface area contributed by atoms with Crippen molar-refractivity contribution in [3.05, 3.63) is 6.92 Å². The van der Waals surface area contributed by atoms with Gasteiger partial charge in [0.1, 0.15) is 0 Å². The molecule has 0 unspecified atom stereocenters. The third-order valence-corrected chi connectivity index (χ3v) is 1.03. The quantitative estimate of drug-likeness (QED) is 0.311. The van der Waals surface area contributed by atoms with Crippen molar-refractivity contribution in [2.75, 3.05) is 0 Å². The molecule has 0 aliphatic heterocycles. The number of amides is 1. The van der Waals surface area contributed by atoms with Crippen LogP contribution in [0.3, 0.4) is 0 Å². The van der Waals surface area contributed by atoms with Gasteiger partial charge in [0, 0.05) is 6.42 Å². The van der Waals surface area contributed by atoms with E-state index in [-0.39, 0.29) is 5.91 Å². The van der Waals surface area contributed by atoms with Crippen LogP contribution in [0.25, 0.3) is 0 Å². The van der Waals surface area contributed by atoms with E-state index in [1.54, 1.807) is 5.48 Å². The van der Waals surface area contributed by atoms with E-state index in [1.807, 2.05) is 0 Å². The monoisotopic (exact) mass is 430 g/mol. The minimum absolute atomic E-state index is 0.316. The summed E-state index contributed by atoms with van der Waals surface area (Å²) in [5.41, 5.74) is 1.56. The first-order chi connectivity index (χ1) is 6.04. The first-order valence-electron chi connectivity index (χ1n) is 3.39. The number of hydrogen-bond donors (Lipinski definition) is 2. The Balaban J connectivity index is 0. The zero-order valence-electron chi connectivity index (χ0n) is 6.84. The van der Waals surface area contributed by atoms with Crippen molar-refractivity contribution >= 4 is 34.2 Å². The van der Waals surface area contributed by atoms with Crippen LogP contribution in [0.2, 0.25) is 0 Å². The Morgan fingerprint density at radius 1 is 1.38 bits per heavy atom. The zero-order chi connectivity index (χ0) is 10.7. The first kappa shape index (κ1) is 16.4. The molecule has 0 aliphatic rings. The molecule has 0 saturated heterocycles. The Kier molecular flexibility index (Phi) is 16.4. The number of hydroxylamine groups is 1. The zero-order valence-corrected chi connectivity index (χ0v) is 11.4. The van der Waals surface area contributed by atoms with Gasteiger partial charge in [0.05, 0.1) is 0 Å². The molecule has 1 amide bonds. The van der Waals surface area contributed by atoms with Gasteiger partial charge in [-0.25, -0.2) is 5.48 Å². The van der Waals surface area contributed by atoms with E-state index in [0.29, 0.717) is 6.42 Å². The summed E-state index contributed by atoms with van der Waals surface area (Å²) in [7, 11) is 14.9. The van der Waals surface area contributed by atoms with Gasteiger partial charge in [0.2, 0.25) is 5.91 Å². The Labute approximate surface area is 96.0 Å². The van der Waals surface area contributed by atoms with Crippen molar-refractivity contribution < 1.29 is 24.2 Å². The van der Waals surface area contributed by atoms with Crippen LogP contribution in [0.5, 0.6) is 0 Å². The summed E-state index contributed by atoms with van der Waals surface area (Å²) in [5, 5.41) is 8.02. The molecule has 0 heterocycles. The SMILES string of the molecule is [CH2-]CCCCC(=O)NO.[Cl][Pt]([Cl])[Cl]. The minimum atomic E-state index is -1.85. The van der Waals surface area contributed by atoms with Gasteiger partial charge in [-0.3, -0.25) is 10.0 Å². The molecule has 0 atom stereocenters. The first-order valence-corrected chi connectivity index (χ1v) is 11.8. The Bertz CT molecular complexity index is 124. The molecule has 0 saturated carbocycles. The summed E-state index contributed by atoms with van der Waals surface area (Å²) in [4.78, 5) is 10.3. The molecular weight excluding hydrogens is 420 g/mol. The standard InChI is InChI=1S/C6H12NO2.3ClH.Pt/c1-2-3-4-5-6(8)7-9;;;;/h9H,1-5H2,(H,7,8);3*1H;/q-1;;;;+3/p-3. The molecule has 0 aromatic carbocycles. The number of rotatable bonds is 4. The molecule has 7 heteroatoms. The van der Waals surface area contributed by atoms with Gasteiger partial charge >= 0.3 is 42.4 Å². The fourth-order valence-corrected chi connectivity index (χ4v) is 0.518. The van der Waals surface area contributed by atoms with Crippen LogP contribution in [-0.4, -0.2) is 11.1 Å². The second kappa shape index (κ2) is 13.0. The molecular formula is C6H12Cl3NO2Pt-. The van der Waals surface area contributed by atoms with E-state index in [0.717, 1.165) is 19.3 Å². The fourth-order valence-electron chi connectivity index (χ4n) is 0.518. The van der Waals surface area contributed by atoms with E-state index >= 15 is 0 Å². The number of halogens is 3. The third kappa shape index (κ3) is 24.6. The Morgan fingerprint density at radius 3 is 2.15 bits per heavy atom. The van der Waals surface area contributed by atoms with Crippen molar-refractivity contribution in [1.82, 2.24) is 5.48 Å². The second-order valence-electron chi connectivity index (χ2n) is 1.98. The molecule has 13 heavy (non-hydrogen) atoms. The Hall–Kier alpha value is 0.988. The van der Waals surface area contributed by atoms with E-state index in [9.17, 15) is 4.79 Å². The molecule has 0 aromatic heterocycles. The van der Waals surface area contributed by atoms with E-state index in [1.165, 1.54) is 0 Å². The number of nitrogens with one attached hydrogen (secondary N) is 1. The third-order valence-electron chi connectivity index (χ3n) is 1.03. The second-order valence-corrected chi connectivity index (χ2v) is 11.8. The number of carbonyl (C=O) groups is 1. The maximum atomic E-state index is 10.3. The van der Waals surface area contributed by atoms with Crippen LogP contribution >= 0.6 is 28.3 Å². The summed E-state index contributed by atoms with van der Waals surface area (Å²) < 4.78 is 0.